The van der Waals surface area contributed by atoms with Gasteiger partial charge in [-0.05, 0) is 31.2 Å². The van der Waals surface area contributed by atoms with E-state index in [0.717, 1.165) is 23.6 Å². The van der Waals surface area contributed by atoms with Crippen molar-refractivity contribution in [3.05, 3.63) is 71.8 Å². The molecule has 196 valence electrons. The highest BCUT2D eigenvalue weighted by atomic mass is 16.5. The molecule has 4 aromatic rings. The number of fused-ring (bicyclic) bond motifs is 2. The Balaban J connectivity index is 1.54. The van der Waals surface area contributed by atoms with Crippen LogP contribution in [0.4, 0.5) is 0 Å². The maximum absolute atomic E-state index is 10.4. The van der Waals surface area contributed by atoms with Gasteiger partial charge in [0, 0.05) is 48.2 Å². The van der Waals surface area contributed by atoms with Crippen molar-refractivity contribution < 1.29 is 9.84 Å². The van der Waals surface area contributed by atoms with E-state index >= 15 is 0 Å². The Morgan fingerprint density at radius 3 is 2.74 bits per heavy atom. The maximum Gasteiger partial charge on any atom is 0.179 e. The molecule has 1 atom stereocenters. The summed E-state index contributed by atoms with van der Waals surface area (Å²) in [5.41, 5.74) is 3.18. The van der Waals surface area contributed by atoms with Gasteiger partial charge in [0.25, 0.3) is 0 Å². The lowest BCUT2D eigenvalue weighted by Gasteiger charge is -2.26. The van der Waals surface area contributed by atoms with Crippen molar-refractivity contribution in [2.45, 2.75) is 31.9 Å². The van der Waals surface area contributed by atoms with E-state index in [9.17, 15) is 10.4 Å². The lowest BCUT2D eigenvalue weighted by molar-refractivity contribution is 0.118. The fourth-order valence-electron chi connectivity index (χ4n) is 4.94. The van der Waals surface area contributed by atoms with E-state index in [1.54, 1.807) is 34.1 Å². The van der Waals surface area contributed by atoms with Gasteiger partial charge in [-0.15, -0.1) is 0 Å². The van der Waals surface area contributed by atoms with Crippen molar-refractivity contribution in [1.82, 2.24) is 19.5 Å². The summed E-state index contributed by atoms with van der Waals surface area (Å²) in [6.45, 7) is 2.84. The molecule has 39 heavy (non-hydrogen) atoms. The Bertz CT molecular complexity index is 1650. The predicted molar refractivity (Wildman–Crippen MR) is 146 cm³/mol. The second-order valence-corrected chi connectivity index (χ2v) is 9.31. The number of hydrazone groups is 1. The molecule has 5 rings (SSSR count). The molecular formula is C28H27N9O2. The first-order chi connectivity index (χ1) is 19.1. The second-order valence-electron chi connectivity index (χ2n) is 9.31. The number of aromatic nitrogens is 3. The van der Waals surface area contributed by atoms with E-state index in [0.29, 0.717) is 52.5 Å². The smallest absolute Gasteiger partial charge is 0.179 e. The Morgan fingerprint density at radius 2 is 2.03 bits per heavy atom. The second kappa shape index (κ2) is 11.2. The molecule has 3 N–H and O–H groups in total. The largest absolute Gasteiger partial charge is 0.481 e. The minimum atomic E-state index is -0.762. The van der Waals surface area contributed by atoms with Gasteiger partial charge in [-0.25, -0.2) is 4.52 Å². The number of nitriles is 2. The number of aliphatic hydroxyl groups excluding tert-OH is 1. The molecule has 1 aromatic carbocycles. The number of nitrogens with two attached hydrogens (primary N) is 1. The van der Waals surface area contributed by atoms with E-state index in [1.165, 1.54) is 6.20 Å². The lowest BCUT2D eigenvalue weighted by Crippen LogP contribution is -2.32. The van der Waals surface area contributed by atoms with Gasteiger partial charge in [0.1, 0.15) is 34.7 Å². The zero-order valence-electron chi connectivity index (χ0n) is 21.4. The number of benzene rings is 1. The van der Waals surface area contributed by atoms with Crippen LogP contribution in [0.3, 0.4) is 0 Å². The first kappa shape index (κ1) is 25.6. The van der Waals surface area contributed by atoms with E-state index in [2.05, 4.69) is 27.4 Å². The molecule has 0 amide bonds. The highest BCUT2D eigenvalue weighted by Crippen LogP contribution is 2.32. The zero-order chi connectivity index (χ0) is 27.4. The molecule has 3 aromatic heterocycles. The van der Waals surface area contributed by atoms with E-state index < -0.39 is 6.10 Å². The molecule has 0 aliphatic carbocycles. The van der Waals surface area contributed by atoms with Gasteiger partial charge in [0.05, 0.1) is 24.6 Å². The van der Waals surface area contributed by atoms with Crippen LogP contribution in [0.2, 0.25) is 0 Å². The van der Waals surface area contributed by atoms with Crippen LogP contribution in [0.5, 0.6) is 5.75 Å². The number of likely N-dealkylation sites (tertiary alicyclic amines) is 1. The van der Waals surface area contributed by atoms with E-state index in [-0.39, 0.29) is 12.6 Å². The molecule has 0 radical (unpaired) electrons. The van der Waals surface area contributed by atoms with E-state index in [4.69, 9.17) is 20.8 Å². The molecule has 4 heterocycles. The number of hydrogen-bond donors (Lipinski definition) is 2. The fourth-order valence-corrected chi connectivity index (χ4v) is 4.94. The van der Waals surface area contributed by atoms with E-state index in [1.807, 2.05) is 31.2 Å². The number of aliphatic hydroxyl groups is 1. The normalized spacial score (nSPS) is 15.7. The zero-order valence-corrected chi connectivity index (χ0v) is 21.4. The highest BCUT2D eigenvalue weighted by Gasteiger charge is 2.23. The monoisotopic (exact) mass is 521 g/mol. The van der Waals surface area contributed by atoms with Crippen LogP contribution in [0.15, 0.2) is 65.2 Å². The Labute approximate surface area is 225 Å². The molecule has 0 bridgehead atoms. The molecule has 11 heteroatoms. The quantitative estimate of drug-likeness (QED) is 0.162. The molecule has 1 aliphatic rings. The summed E-state index contributed by atoms with van der Waals surface area (Å²) in [5.74, 6) is 6.18. The van der Waals surface area contributed by atoms with Gasteiger partial charge in [0.15, 0.2) is 6.19 Å². The van der Waals surface area contributed by atoms with Gasteiger partial charge >= 0.3 is 0 Å². The summed E-state index contributed by atoms with van der Waals surface area (Å²) in [7, 11) is 0. The topological polar surface area (TPSA) is 161 Å². The highest BCUT2D eigenvalue weighted by molar-refractivity contribution is 6.47. The van der Waals surface area contributed by atoms with Crippen LogP contribution >= 0.6 is 0 Å². The van der Waals surface area contributed by atoms with Crippen LogP contribution in [0, 0.1) is 22.8 Å². The number of rotatable bonds is 7. The average Bonchev–Trinajstić information content (AvgIpc) is 3.40. The minimum absolute atomic E-state index is 0.0540. The van der Waals surface area contributed by atoms with Crippen molar-refractivity contribution >= 4 is 27.7 Å². The molecule has 1 saturated heterocycles. The predicted octanol–water partition coefficient (Wildman–Crippen LogP) is 2.94. The summed E-state index contributed by atoms with van der Waals surface area (Å²) in [6.07, 6.45) is 9.56. The summed E-state index contributed by atoms with van der Waals surface area (Å²) in [6, 6.07) is 11.7. The van der Waals surface area contributed by atoms with Crippen LogP contribution in [0.1, 0.15) is 42.6 Å². The third kappa shape index (κ3) is 5.08. The first-order valence-electron chi connectivity index (χ1n) is 12.6. The summed E-state index contributed by atoms with van der Waals surface area (Å²) in [4.78, 5) is 10.9. The standard InChI is InChI=1S/C28H27N9O2/c1-18(34-22-6-8-36(17-30)9-7-22)27(35-31)20-10-25(28-21(11-29)13-33-37(28)15-20)39-26(16-38)24-14-32-12-19-4-2-3-5-23(19)24/h2-5,10,12-15,22,26,38H,6-9,16,31H2,1H3/b34-18?,35-27+. The molecule has 0 saturated carbocycles. The number of ether oxygens (including phenoxy) is 1. The van der Waals surface area contributed by atoms with Gasteiger partial charge < -0.3 is 20.6 Å². The third-order valence-electron chi connectivity index (χ3n) is 6.91. The summed E-state index contributed by atoms with van der Waals surface area (Å²) < 4.78 is 7.93. The SMILES string of the molecule is CC(=NC1CCN(C#N)CC1)/C(=N\N)c1cc(OC(CO)c2cncc3ccccc23)c2c(C#N)cnn2c1. The van der Waals surface area contributed by atoms with Crippen LogP contribution in [0.25, 0.3) is 16.3 Å². The van der Waals surface area contributed by atoms with Crippen molar-refractivity contribution in [1.29, 1.82) is 10.5 Å². The van der Waals surface area contributed by atoms with Gasteiger partial charge in [-0.1, -0.05) is 24.3 Å². The van der Waals surface area contributed by atoms with Gasteiger partial charge in [0.2, 0.25) is 0 Å². The molecule has 11 nitrogen and oxygen atoms in total. The average molecular weight is 522 g/mol. The number of aliphatic imine (C=N–C) groups is 1. The number of pyridine rings is 2. The first-order valence-corrected chi connectivity index (χ1v) is 12.6. The molecule has 0 spiro atoms. The Hall–Kier alpha value is -5.00. The van der Waals surface area contributed by atoms with Crippen molar-refractivity contribution in [2.75, 3.05) is 19.7 Å². The molecule has 1 unspecified atom stereocenters. The number of nitrogens with zero attached hydrogens (tertiary/aromatic N) is 8. The number of hydrogen-bond acceptors (Lipinski definition) is 10. The lowest BCUT2D eigenvalue weighted by atomic mass is 10.0. The fraction of sp³-hybridized carbons (Fsp3) is 0.286. The van der Waals surface area contributed by atoms with Crippen LogP contribution in [-0.2, 0) is 0 Å². The Kier molecular flexibility index (Phi) is 7.34. The Morgan fingerprint density at radius 1 is 1.23 bits per heavy atom. The van der Waals surface area contributed by atoms with Crippen LogP contribution in [-0.4, -0.2) is 61.8 Å². The number of piperidine rings is 1. The van der Waals surface area contributed by atoms with Crippen LogP contribution < -0.4 is 10.6 Å². The third-order valence-corrected chi connectivity index (χ3v) is 6.91. The van der Waals surface area contributed by atoms with Gasteiger partial charge in [-0.3, -0.25) is 9.98 Å². The maximum atomic E-state index is 10.4. The minimum Gasteiger partial charge on any atom is -0.481 e. The molecule has 1 fully saturated rings. The molecule has 1 aliphatic heterocycles. The molecular weight excluding hydrogens is 494 g/mol. The summed E-state index contributed by atoms with van der Waals surface area (Å²) in [5, 5.41) is 39.4. The van der Waals surface area contributed by atoms with Gasteiger partial charge in [-0.2, -0.15) is 20.7 Å². The van der Waals surface area contributed by atoms with Crippen molar-refractivity contribution in [2.24, 2.45) is 15.9 Å². The summed E-state index contributed by atoms with van der Waals surface area (Å²) >= 11 is 0. The van der Waals surface area contributed by atoms with Crippen molar-refractivity contribution in [3.63, 3.8) is 0 Å². The van der Waals surface area contributed by atoms with Crippen molar-refractivity contribution in [3.8, 4) is 18.0 Å².